The van der Waals surface area contributed by atoms with Crippen LogP contribution < -0.4 is 4.74 Å². The lowest BCUT2D eigenvalue weighted by molar-refractivity contribution is -0.387. The number of aryl methyl sites for hydroxylation is 1. The molecule has 0 aromatic heterocycles. The highest BCUT2D eigenvalue weighted by atomic mass is 19.1. The molecular weight excluding hydrogens is 268 g/mol. The minimum atomic E-state index is -0.955. The number of ether oxygens (including phenoxy) is 1. The normalized spacial score (nSPS) is 10.3. The maximum atomic E-state index is 13.4. The van der Waals surface area contributed by atoms with E-state index in [-0.39, 0.29) is 18.2 Å². The molecule has 2 rings (SSSR count). The zero-order valence-corrected chi connectivity index (χ0v) is 10.6. The van der Waals surface area contributed by atoms with Crippen LogP contribution in [0.25, 0.3) is 0 Å². The van der Waals surface area contributed by atoms with Crippen LogP contribution in [0.4, 0.5) is 14.5 Å². The summed E-state index contributed by atoms with van der Waals surface area (Å²) in [5.74, 6) is -1.12. The third-order valence-corrected chi connectivity index (χ3v) is 2.81. The van der Waals surface area contributed by atoms with E-state index >= 15 is 0 Å². The Bertz CT molecular complexity index is 659. The van der Waals surface area contributed by atoms with Gasteiger partial charge in [-0.15, -0.1) is 0 Å². The zero-order valence-electron chi connectivity index (χ0n) is 10.6. The predicted octanol–water partition coefficient (Wildman–Crippen LogP) is 3.76. The third-order valence-electron chi connectivity index (χ3n) is 2.81. The number of halogens is 2. The maximum absolute atomic E-state index is 13.4. The van der Waals surface area contributed by atoms with E-state index in [1.54, 1.807) is 13.0 Å². The molecule has 6 heteroatoms. The molecule has 0 aliphatic carbocycles. The topological polar surface area (TPSA) is 52.4 Å². The van der Waals surface area contributed by atoms with E-state index < -0.39 is 16.4 Å². The van der Waals surface area contributed by atoms with Crippen LogP contribution in [0.1, 0.15) is 11.1 Å². The van der Waals surface area contributed by atoms with Crippen molar-refractivity contribution in [2.24, 2.45) is 0 Å². The molecular formula is C14H11F2NO3. The van der Waals surface area contributed by atoms with Gasteiger partial charge in [0.2, 0.25) is 5.82 Å². The quantitative estimate of drug-likeness (QED) is 0.632. The van der Waals surface area contributed by atoms with E-state index in [1.807, 2.05) is 0 Å². The summed E-state index contributed by atoms with van der Waals surface area (Å²) in [4.78, 5) is 9.68. The lowest BCUT2D eigenvalue weighted by Gasteiger charge is -2.09. The van der Waals surface area contributed by atoms with Crippen LogP contribution in [-0.2, 0) is 6.61 Å². The first-order chi connectivity index (χ1) is 9.47. The van der Waals surface area contributed by atoms with Crippen molar-refractivity contribution in [2.45, 2.75) is 13.5 Å². The Morgan fingerprint density at radius 2 is 1.95 bits per heavy atom. The lowest BCUT2D eigenvalue weighted by atomic mass is 10.1. The molecule has 0 saturated carbocycles. The zero-order chi connectivity index (χ0) is 14.7. The average Bonchev–Trinajstić information content (AvgIpc) is 2.37. The highest BCUT2D eigenvalue weighted by molar-refractivity contribution is 5.38. The van der Waals surface area contributed by atoms with Gasteiger partial charge >= 0.3 is 5.69 Å². The summed E-state index contributed by atoms with van der Waals surface area (Å²) in [6.07, 6.45) is 0. The van der Waals surface area contributed by atoms with E-state index in [4.69, 9.17) is 4.74 Å². The summed E-state index contributed by atoms with van der Waals surface area (Å²) in [6, 6.07) is 7.57. The Hall–Kier alpha value is -2.50. The molecule has 2 aromatic carbocycles. The summed E-state index contributed by atoms with van der Waals surface area (Å²) < 4.78 is 31.7. The summed E-state index contributed by atoms with van der Waals surface area (Å²) in [5.41, 5.74) is 0.868. The highest BCUT2D eigenvalue weighted by Gasteiger charge is 2.14. The summed E-state index contributed by atoms with van der Waals surface area (Å²) in [5, 5.41) is 10.5. The van der Waals surface area contributed by atoms with Crippen LogP contribution in [0, 0.1) is 28.7 Å². The number of rotatable bonds is 4. The van der Waals surface area contributed by atoms with Crippen LogP contribution >= 0.6 is 0 Å². The standard InChI is InChI=1S/C14H11F2NO3/c1-9-6-11(15)3-2-10(9)8-20-12-4-5-14(17(18)19)13(16)7-12/h2-7H,8H2,1H3. The molecule has 0 atom stereocenters. The molecule has 20 heavy (non-hydrogen) atoms. The fourth-order valence-corrected chi connectivity index (χ4v) is 1.71. The fraction of sp³-hybridized carbons (Fsp3) is 0.143. The van der Waals surface area contributed by atoms with Gasteiger partial charge in [-0.05, 0) is 36.2 Å². The van der Waals surface area contributed by atoms with Crippen molar-refractivity contribution in [1.82, 2.24) is 0 Å². The first-order valence-electron chi connectivity index (χ1n) is 5.79. The molecule has 0 amide bonds. The molecule has 0 unspecified atom stereocenters. The van der Waals surface area contributed by atoms with Gasteiger partial charge in [0.1, 0.15) is 18.2 Å². The number of hydrogen-bond donors (Lipinski definition) is 0. The maximum Gasteiger partial charge on any atom is 0.305 e. The third kappa shape index (κ3) is 3.09. The Labute approximate surface area is 113 Å². The van der Waals surface area contributed by atoms with Crippen LogP contribution in [0.15, 0.2) is 36.4 Å². The van der Waals surface area contributed by atoms with E-state index in [1.165, 1.54) is 18.2 Å². The van der Waals surface area contributed by atoms with E-state index in [9.17, 15) is 18.9 Å². The van der Waals surface area contributed by atoms with E-state index in [2.05, 4.69) is 0 Å². The number of nitrogens with zero attached hydrogens (tertiary/aromatic N) is 1. The minimum absolute atomic E-state index is 0.128. The van der Waals surface area contributed by atoms with Gasteiger partial charge in [-0.3, -0.25) is 10.1 Å². The van der Waals surface area contributed by atoms with Crippen molar-refractivity contribution in [3.05, 3.63) is 69.3 Å². The fourth-order valence-electron chi connectivity index (χ4n) is 1.71. The second-order valence-corrected chi connectivity index (χ2v) is 4.23. The molecule has 0 aliphatic heterocycles. The Balaban J connectivity index is 2.11. The van der Waals surface area contributed by atoms with Crippen LogP contribution in [0.3, 0.4) is 0 Å². The number of nitro benzene ring substituents is 1. The molecule has 0 heterocycles. The van der Waals surface area contributed by atoms with E-state index in [0.717, 1.165) is 17.7 Å². The second-order valence-electron chi connectivity index (χ2n) is 4.23. The summed E-state index contributed by atoms with van der Waals surface area (Å²) in [6.45, 7) is 1.86. The van der Waals surface area contributed by atoms with Gasteiger partial charge in [-0.1, -0.05) is 6.07 Å². The van der Waals surface area contributed by atoms with E-state index in [0.29, 0.717) is 5.56 Å². The number of benzene rings is 2. The van der Waals surface area contributed by atoms with Crippen LogP contribution in [0.2, 0.25) is 0 Å². The van der Waals surface area contributed by atoms with Crippen molar-refractivity contribution in [3.63, 3.8) is 0 Å². The molecule has 0 aliphatic rings. The van der Waals surface area contributed by atoms with Crippen LogP contribution in [-0.4, -0.2) is 4.92 Å². The Morgan fingerprint density at radius 3 is 2.55 bits per heavy atom. The first kappa shape index (κ1) is 13.9. The first-order valence-corrected chi connectivity index (χ1v) is 5.79. The molecule has 0 N–H and O–H groups in total. The predicted molar refractivity (Wildman–Crippen MR) is 68.5 cm³/mol. The summed E-state index contributed by atoms with van der Waals surface area (Å²) in [7, 11) is 0. The monoisotopic (exact) mass is 279 g/mol. The average molecular weight is 279 g/mol. The molecule has 0 spiro atoms. The minimum Gasteiger partial charge on any atom is -0.489 e. The van der Waals surface area contributed by atoms with Crippen molar-refractivity contribution in [2.75, 3.05) is 0 Å². The van der Waals surface area contributed by atoms with Crippen LogP contribution in [0.5, 0.6) is 5.75 Å². The molecule has 104 valence electrons. The smallest absolute Gasteiger partial charge is 0.305 e. The largest absolute Gasteiger partial charge is 0.489 e. The van der Waals surface area contributed by atoms with Gasteiger partial charge in [0.15, 0.2) is 0 Å². The highest BCUT2D eigenvalue weighted by Crippen LogP contribution is 2.23. The molecule has 0 bridgehead atoms. The van der Waals surface area contributed by atoms with Gasteiger partial charge in [-0.2, -0.15) is 4.39 Å². The molecule has 4 nitrogen and oxygen atoms in total. The van der Waals surface area contributed by atoms with Crippen molar-refractivity contribution < 1.29 is 18.4 Å². The van der Waals surface area contributed by atoms with Crippen molar-refractivity contribution in [3.8, 4) is 5.75 Å². The van der Waals surface area contributed by atoms with Gasteiger partial charge in [0, 0.05) is 12.1 Å². The number of nitro groups is 1. The molecule has 0 radical (unpaired) electrons. The second kappa shape index (κ2) is 5.64. The SMILES string of the molecule is Cc1cc(F)ccc1COc1ccc([N+](=O)[O-])c(F)c1. The Morgan fingerprint density at radius 1 is 1.20 bits per heavy atom. The molecule has 0 fully saturated rings. The molecule has 2 aromatic rings. The molecule has 0 saturated heterocycles. The number of hydrogen-bond acceptors (Lipinski definition) is 3. The lowest BCUT2D eigenvalue weighted by Crippen LogP contribution is -1.99. The van der Waals surface area contributed by atoms with Crippen molar-refractivity contribution in [1.29, 1.82) is 0 Å². The van der Waals surface area contributed by atoms with Gasteiger partial charge in [0.05, 0.1) is 4.92 Å². The Kier molecular flexibility index (Phi) is 3.93. The van der Waals surface area contributed by atoms with Gasteiger partial charge in [0.25, 0.3) is 0 Å². The van der Waals surface area contributed by atoms with Crippen molar-refractivity contribution >= 4 is 5.69 Å². The van der Waals surface area contributed by atoms with Gasteiger partial charge in [-0.25, -0.2) is 4.39 Å². The van der Waals surface area contributed by atoms with Gasteiger partial charge < -0.3 is 4.74 Å². The summed E-state index contributed by atoms with van der Waals surface area (Å²) >= 11 is 0.